The predicted molar refractivity (Wildman–Crippen MR) is 104 cm³/mol. The number of hydroxylamine groups is 1. The number of aryl methyl sites for hydroxylation is 1. The van der Waals surface area contributed by atoms with E-state index in [0.717, 1.165) is 11.3 Å². The first kappa shape index (κ1) is 18.3. The lowest BCUT2D eigenvalue weighted by atomic mass is 9.90. The van der Waals surface area contributed by atoms with Crippen LogP contribution in [0.3, 0.4) is 0 Å². The zero-order valence-electron chi connectivity index (χ0n) is 14.9. The van der Waals surface area contributed by atoms with Gasteiger partial charge in [0.1, 0.15) is 5.92 Å². The minimum atomic E-state index is -0.853. The summed E-state index contributed by atoms with van der Waals surface area (Å²) in [6.45, 7) is 4.05. The Bertz CT molecular complexity index is 933. The summed E-state index contributed by atoms with van der Waals surface area (Å²) in [7, 11) is 0. The Hall–Kier alpha value is -2.08. The van der Waals surface area contributed by atoms with Crippen molar-refractivity contribution in [1.29, 1.82) is 0 Å². The van der Waals surface area contributed by atoms with E-state index < -0.39 is 18.1 Å². The number of imide groups is 1. The molecular formula is C20H18Cl2N2O3. The van der Waals surface area contributed by atoms with Gasteiger partial charge in [-0.3, -0.25) is 19.3 Å². The maximum absolute atomic E-state index is 13.0. The zero-order valence-corrected chi connectivity index (χ0v) is 16.4. The summed E-state index contributed by atoms with van der Waals surface area (Å²) < 4.78 is 0. The highest BCUT2D eigenvalue weighted by Gasteiger charge is 2.59. The lowest BCUT2D eigenvalue weighted by Crippen LogP contribution is -2.37. The van der Waals surface area contributed by atoms with Crippen LogP contribution in [-0.4, -0.2) is 29.4 Å². The topological polar surface area (TPSA) is 49.9 Å². The van der Waals surface area contributed by atoms with Crippen molar-refractivity contribution in [3.8, 4) is 0 Å². The van der Waals surface area contributed by atoms with Gasteiger partial charge in [0.25, 0.3) is 5.91 Å². The maximum atomic E-state index is 13.0. The number of rotatable bonds is 3. The van der Waals surface area contributed by atoms with E-state index in [-0.39, 0.29) is 11.8 Å². The van der Waals surface area contributed by atoms with Crippen molar-refractivity contribution in [3.05, 3.63) is 63.6 Å². The predicted octanol–water partition coefficient (Wildman–Crippen LogP) is 4.17. The molecule has 2 aliphatic rings. The summed E-state index contributed by atoms with van der Waals surface area (Å²) in [5.74, 6) is -1.20. The molecule has 0 saturated carbocycles. The number of likely N-dealkylation sites (tertiary alicyclic amines) is 1. The lowest BCUT2D eigenvalue weighted by Gasteiger charge is -2.30. The first-order valence-electron chi connectivity index (χ1n) is 8.75. The molecule has 0 aliphatic carbocycles. The molecule has 2 aromatic carbocycles. The van der Waals surface area contributed by atoms with Crippen molar-refractivity contribution >= 4 is 40.7 Å². The summed E-state index contributed by atoms with van der Waals surface area (Å²) in [6, 6.07) is 12.3. The SMILES string of the molecule is CCN1C(=O)C2ON(c3ccccc3C)C(c3ccc(Cl)cc3Cl)C2C1=O. The second-order valence-corrected chi connectivity index (χ2v) is 7.54. The number of hydrogen-bond donors (Lipinski definition) is 0. The number of amides is 2. The van der Waals surface area contributed by atoms with Crippen molar-refractivity contribution in [1.82, 2.24) is 4.90 Å². The van der Waals surface area contributed by atoms with Gasteiger partial charge in [-0.1, -0.05) is 47.5 Å². The molecular weight excluding hydrogens is 387 g/mol. The molecule has 2 saturated heterocycles. The van der Waals surface area contributed by atoms with Gasteiger partial charge < -0.3 is 0 Å². The number of para-hydroxylation sites is 1. The minimum absolute atomic E-state index is 0.236. The summed E-state index contributed by atoms with van der Waals surface area (Å²) in [6.07, 6.45) is -0.853. The van der Waals surface area contributed by atoms with Crippen molar-refractivity contribution in [2.24, 2.45) is 5.92 Å². The molecule has 4 rings (SSSR count). The fraction of sp³-hybridized carbons (Fsp3) is 0.300. The van der Waals surface area contributed by atoms with E-state index >= 15 is 0 Å². The Labute approximate surface area is 167 Å². The maximum Gasteiger partial charge on any atom is 0.261 e. The molecule has 2 aliphatic heterocycles. The third-order valence-corrected chi connectivity index (χ3v) is 5.72. The molecule has 0 aromatic heterocycles. The molecule has 0 spiro atoms. The third kappa shape index (κ3) is 2.81. The number of halogens is 2. The summed E-state index contributed by atoms with van der Waals surface area (Å²) >= 11 is 12.5. The van der Waals surface area contributed by atoms with Gasteiger partial charge in [0.2, 0.25) is 5.91 Å². The van der Waals surface area contributed by atoms with Gasteiger partial charge in [0.15, 0.2) is 6.10 Å². The molecule has 0 radical (unpaired) electrons. The Morgan fingerprint density at radius 3 is 2.48 bits per heavy atom. The monoisotopic (exact) mass is 404 g/mol. The van der Waals surface area contributed by atoms with E-state index in [1.807, 2.05) is 31.2 Å². The number of anilines is 1. The first-order valence-corrected chi connectivity index (χ1v) is 9.51. The lowest BCUT2D eigenvalue weighted by molar-refractivity contribution is -0.142. The molecule has 0 bridgehead atoms. The number of benzene rings is 2. The molecule has 3 atom stereocenters. The third-order valence-electron chi connectivity index (χ3n) is 5.16. The Morgan fingerprint density at radius 2 is 1.81 bits per heavy atom. The van der Waals surface area contributed by atoms with Crippen LogP contribution in [-0.2, 0) is 14.4 Å². The van der Waals surface area contributed by atoms with Crippen LogP contribution in [0.15, 0.2) is 42.5 Å². The van der Waals surface area contributed by atoms with Gasteiger partial charge in [-0.25, -0.2) is 5.06 Å². The standard InChI is InChI=1S/C20H18Cl2N2O3/c1-3-23-19(25)16-17(13-9-8-12(21)10-14(13)22)24(27-18(16)20(23)26)15-7-5-4-6-11(15)2/h4-10,16-18H,3H2,1-2H3. The van der Waals surface area contributed by atoms with E-state index in [1.165, 1.54) is 4.90 Å². The highest BCUT2D eigenvalue weighted by Crippen LogP contribution is 2.48. The Kier molecular flexibility index (Phi) is 4.62. The Morgan fingerprint density at radius 1 is 1.07 bits per heavy atom. The van der Waals surface area contributed by atoms with Crippen molar-refractivity contribution in [2.75, 3.05) is 11.6 Å². The van der Waals surface area contributed by atoms with Crippen LogP contribution in [0.4, 0.5) is 5.69 Å². The van der Waals surface area contributed by atoms with E-state index in [2.05, 4.69) is 0 Å². The fourth-order valence-corrected chi connectivity index (χ4v) is 4.38. The van der Waals surface area contributed by atoms with E-state index in [4.69, 9.17) is 28.0 Å². The summed E-state index contributed by atoms with van der Waals surface area (Å²) in [5.41, 5.74) is 2.47. The highest BCUT2D eigenvalue weighted by atomic mass is 35.5. The van der Waals surface area contributed by atoms with Gasteiger partial charge >= 0.3 is 0 Å². The average Bonchev–Trinajstić information content (AvgIpc) is 3.12. The van der Waals surface area contributed by atoms with Crippen molar-refractivity contribution < 1.29 is 14.4 Å². The highest BCUT2D eigenvalue weighted by molar-refractivity contribution is 6.35. The quantitative estimate of drug-likeness (QED) is 0.720. The van der Waals surface area contributed by atoms with Crippen molar-refractivity contribution in [2.45, 2.75) is 26.0 Å². The van der Waals surface area contributed by atoms with Crippen LogP contribution in [0.1, 0.15) is 24.1 Å². The van der Waals surface area contributed by atoms with Crippen molar-refractivity contribution in [3.63, 3.8) is 0 Å². The largest absolute Gasteiger partial charge is 0.280 e. The van der Waals surface area contributed by atoms with Gasteiger partial charge in [-0.2, -0.15) is 0 Å². The van der Waals surface area contributed by atoms with Gasteiger partial charge in [-0.15, -0.1) is 0 Å². The molecule has 2 heterocycles. The number of carbonyl (C=O) groups is 2. The summed E-state index contributed by atoms with van der Waals surface area (Å²) in [5, 5.41) is 2.60. The number of likely N-dealkylation sites (N-methyl/N-ethyl adjacent to an activating group) is 1. The fourth-order valence-electron chi connectivity index (χ4n) is 3.86. The molecule has 27 heavy (non-hydrogen) atoms. The van der Waals surface area contributed by atoms with Gasteiger partial charge in [-0.05, 0) is 43.2 Å². The van der Waals surface area contributed by atoms with Gasteiger partial charge in [0, 0.05) is 16.6 Å². The molecule has 3 unspecified atom stereocenters. The van der Waals surface area contributed by atoms with Crippen LogP contribution in [0.25, 0.3) is 0 Å². The van der Waals surface area contributed by atoms with Gasteiger partial charge in [0.05, 0.1) is 11.7 Å². The molecule has 5 nitrogen and oxygen atoms in total. The first-order chi connectivity index (χ1) is 12.9. The number of nitrogens with zero attached hydrogens (tertiary/aromatic N) is 2. The molecule has 140 valence electrons. The van der Waals surface area contributed by atoms with Crippen LogP contribution in [0, 0.1) is 12.8 Å². The normalized spacial score (nSPS) is 24.7. The molecule has 2 fully saturated rings. The van der Waals surface area contributed by atoms with E-state index in [1.54, 1.807) is 30.2 Å². The molecule has 2 amide bonds. The van der Waals surface area contributed by atoms with E-state index in [9.17, 15) is 9.59 Å². The molecule has 7 heteroatoms. The van der Waals surface area contributed by atoms with E-state index in [0.29, 0.717) is 22.2 Å². The second kappa shape index (κ2) is 6.82. The number of fused-ring (bicyclic) bond motifs is 1. The van der Waals surface area contributed by atoms with Crippen LogP contribution >= 0.6 is 23.2 Å². The van der Waals surface area contributed by atoms with Crippen LogP contribution < -0.4 is 5.06 Å². The minimum Gasteiger partial charge on any atom is -0.280 e. The smallest absolute Gasteiger partial charge is 0.261 e. The number of carbonyl (C=O) groups excluding carboxylic acids is 2. The summed E-state index contributed by atoms with van der Waals surface area (Å²) in [4.78, 5) is 33.0. The average molecular weight is 405 g/mol. The Balaban J connectivity index is 1.86. The molecule has 0 N–H and O–H groups in total. The van der Waals surface area contributed by atoms with Crippen LogP contribution in [0.5, 0.6) is 0 Å². The second-order valence-electron chi connectivity index (χ2n) is 6.70. The number of hydrogen-bond acceptors (Lipinski definition) is 4. The zero-order chi connectivity index (χ0) is 19.3. The molecule has 2 aromatic rings. The van der Waals surface area contributed by atoms with Crippen LogP contribution in [0.2, 0.25) is 10.0 Å².